The Bertz CT molecular complexity index is 289. The molecule has 1 aliphatic carbocycles. The van der Waals surface area contributed by atoms with Gasteiger partial charge in [-0.15, -0.1) is 0 Å². The van der Waals surface area contributed by atoms with Gasteiger partial charge < -0.3 is 15.5 Å². The Balaban J connectivity index is 1.78. The molecule has 0 spiro atoms. The van der Waals surface area contributed by atoms with Gasteiger partial charge in [0.1, 0.15) is 0 Å². The van der Waals surface area contributed by atoms with Crippen molar-refractivity contribution in [2.24, 2.45) is 0 Å². The van der Waals surface area contributed by atoms with Crippen LogP contribution in [0.25, 0.3) is 0 Å². The number of rotatable bonds is 4. The number of hydrogen-bond acceptors (Lipinski definition) is 4. The van der Waals surface area contributed by atoms with E-state index >= 15 is 0 Å². The predicted molar refractivity (Wildman–Crippen MR) is 60.9 cm³/mol. The summed E-state index contributed by atoms with van der Waals surface area (Å²) in [5.41, 5.74) is 0.958. The summed E-state index contributed by atoms with van der Waals surface area (Å²) >= 11 is 1.59. The fourth-order valence-corrected chi connectivity index (χ4v) is 2.73. The molecule has 0 radical (unpaired) electrons. The number of thiophene rings is 1. The Kier molecular flexibility index (Phi) is 3.75. The molecule has 2 rings (SSSR count). The SMILES string of the molecule is OC(CN[C@H]1CCC[C@@H]1O)c1ccsc1. The van der Waals surface area contributed by atoms with Gasteiger partial charge in [0, 0.05) is 12.6 Å². The van der Waals surface area contributed by atoms with Crippen LogP contribution in [-0.4, -0.2) is 28.9 Å². The molecule has 1 aliphatic rings. The normalized spacial score (nSPS) is 28.1. The molecule has 3 N–H and O–H groups in total. The van der Waals surface area contributed by atoms with Crippen molar-refractivity contribution >= 4 is 11.3 Å². The molecule has 1 unspecified atom stereocenters. The van der Waals surface area contributed by atoms with Gasteiger partial charge in [0.05, 0.1) is 12.2 Å². The number of aliphatic hydroxyl groups excluding tert-OH is 2. The van der Waals surface area contributed by atoms with E-state index in [0.29, 0.717) is 6.54 Å². The molecule has 1 saturated carbocycles. The highest BCUT2D eigenvalue weighted by Crippen LogP contribution is 2.20. The fraction of sp³-hybridized carbons (Fsp3) is 0.636. The van der Waals surface area contributed by atoms with Crippen molar-refractivity contribution in [1.29, 1.82) is 0 Å². The first-order chi connectivity index (χ1) is 7.27. The summed E-state index contributed by atoms with van der Waals surface area (Å²) < 4.78 is 0. The van der Waals surface area contributed by atoms with Crippen LogP contribution in [0.3, 0.4) is 0 Å². The van der Waals surface area contributed by atoms with Gasteiger partial charge in [0.25, 0.3) is 0 Å². The molecule has 0 aromatic carbocycles. The van der Waals surface area contributed by atoms with Crippen LogP contribution in [0.5, 0.6) is 0 Å². The highest BCUT2D eigenvalue weighted by Gasteiger charge is 2.25. The zero-order valence-electron chi connectivity index (χ0n) is 8.60. The lowest BCUT2D eigenvalue weighted by Gasteiger charge is -2.18. The zero-order valence-corrected chi connectivity index (χ0v) is 9.41. The third kappa shape index (κ3) is 2.78. The number of nitrogens with one attached hydrogen (secondary N) is 1. The van der Waals surface area contributed by atoms with Crippen molar-refractivity contribution in [3.63, 3.8) is 0 Å². The lowest BCUT2D eigenvalue weighted by atomic mass is 10.1. The predicted octanol–water partition coefficient (Wildman–Crippen LogP) is 1.28. The summed E-state index contributed by atoms with van der Waals surface area (Å²) in [4.78, 5) is 0. The summed E-state index contributed by atoms with van der Waals surface area (Å²) in [5.74, 6) is 0. The van der Waals surface area contributed by atoms with E-state index in [1.165, 1.54) is 0 Å². The first-order valence-corrected chi connectivity index (χ1v) is 6.33. The quantitative estimate of drug-likeness (QED) is 0.726. The monoisotopic (exact) mass is 227 g/mol. The van der Waals surface area contributed by atoms with E-state index in [4.69, 9.17) is 0 Å². The topological polar surface area (TPSA) is 52.5 Å². The van der Waals surface area contributed by atoms with Crippen LogP contribution < -0.4 is 5.32 Å². The van der Waals surface area contributed by atoms with Crippen LogP contribution in [0.2, 0.25) is 0 Å². The lowest BCUT2D eigenvalue weighted by molar-refractivity contribution is 0.127. The minimum Gasteiger partial charge on any atom is -0.392 e. The second-order valence-electron chi connectivity index (χ2n) is 4.09. The van der Waals surface area contributed by atoms with Gasteiger partial charge in [0.2, 0.25) is 0 Å². The van der Waals surface area contributed by atoms with Crippen LogP contribution in [0.1, 0.15) is 30.9 Å². The van der Waals surface area contributed by atoms with Gasteiger partial charge in [-0.1, -0.05) is 0 Å². The summed E-state index contributed by atoms with van der Waals surface area (Å²) in [6.45, 7) is 0.526. The average molecular weight is 227 g/mol. The summed E-state index contributed by atoms with van der Waals surface area (Å²) in [5, 5.41) is 26.5. The van der Waals surface area contributed by atoms with Crippen LogP contribution >= 0.6 is 11.3 Å². The molecule has 1 aromatic rings. The Morgan fingerprint density at radius 2 is 2.40 bits per heavy atom. The molecular weight excluding hydrogens is 210 g/mol. The summed E-state index contributed by atoms with van der Waals surface area (Å²) in [6, 6.07) is 2.10. The minimum absolute atomic E-state index is 0.165. The van der Waals surface area contributed by atoms with Crippen LogP contribution in [-0.2, 0) is 0 Å². The Labute approximate surface area is 93.8 Å². The van der Waals surface area contributed by atoms with E-state index in [0.717, 1.165) is 24.8 Å². The second kappa shape index (κ2) is 5.07. The first-order valence-electron chi connectivity index (χ1n) is 5.39. The third-order valence-corrected chi connectivity index (χ3v) is 3.68. The lowest BCUT2D eigenvalue weighted by Crippen LogP contribution is -2.38. The molecule has 15 heavy (non-hydrogen) atoms. The largest absolute Gasteiger partial charge is 0.392 e. The molecule has 4 heteroatoms. The van der Waals surface area contributed by atoms with Gasteiger partial charge >= 0.3 is 0 Å². The van der Waals surface area contributed by atoms with E-state index < -0.39 is 6.10 Å². The summed E-state index contributed by atoms with van der Waals surface area (Å²) in [6.07, 6.45) is 2.28. The van der Waals surface area contributed by atoms with Gasteiger partial charge in [-0.05, 0) is 41.7 Å². The maximum atomic E-state index is 9.82. The molecule has 1 heterocycles. The Hall–Kier alpha value is -0.420. The standard InChI is InChI=1S/C11H17NO2S/c13-10-3-1-2-9(10)12-6-11(14)8-4-5-15-7-8/h4-5,7,9-14H,1-3,6H2/t9-,10-,11?/m0/s1. The van der Waals surface area contributed by atoms with Gasteiger partial charge in [-0.2, -0.15) is 11.3 Å². The Morgan fingerprint density at radius 1 is 1.53 bits per heavy atom. The second-order valence-corrected chi connectivity index (χ2v) is 4.87. The molecule has 3 nitrogen and oxygen atoms in total. The zero-order chi connectivity index (χ0) is 10.7. The molecule has 0 saturated heterocycles. The van der Waals surface area contributed by atoms with Crippen molar-refractivity contribution in [3.8, 4) is 0 Å². The van der Waals surface area contributed by atoms with E-state index in [2.05, 4.69) is 5.32 Å². The van der Waals surface area contributed by atoms with E-state index in [-0.39, 0.29) is 12.1 Å². The van der Waals surface area contributed by atoms with Crippen molar-refractivity contribution in [3.05, 3.63) is 22.4 Å². The van der Waals surface area contributed by atoms with Crippen molar-refractivity contribution in [2.45, 2.75) is 37.5 Å². The maximum absolute atomic E-state index is 9.82. The highest BCUT2D eigenvalue weighted by atomic mass is 32.1. The van der Waals surface area contributed by atoms with Gasteiger partial charge in [-0.25, -0.2) is 0 Å². The Morgan fingerprint density at radius 3 is 3.00 bits per heavy atom. The van der Waals surface area contributed by atoms with Gasteiger partial charge in [-0.3, -0.25) is 0 Å². The van der Waals surface area contributed by atoms with Crippen molar-refractivity contribution in [1.82, 2.24) is 5.32 Å². The first kappa shape index (κ1) is 11.1. The van der Waals surface area contributed by atoms with E-state index in [1.807, 2.05) is 16.8 Å². The maximum Gasteiger partial charge on any atom is 0.0922 e. The average Bonchev–Trinajstić information content (AvgIpc) is 2.85. The molecule has 0 bridgehead atoms. The van der Waals surface area contributed by atoms with Gasteiger partial charge in [0.15, 0.2) is 0 Å². The molecule has 0 aliphatic heterocycles. The fourth-order valence-electron chi connectivity index (χ4n) is 2.02. The molecule has 3 atom stereocenters. The minimum atomic E-state index is -0.455. The molecule has 0 amide bonds. The number of hydrogen-bond donors (Lipinski definition) is 3. The smallest absolute Gasteiger partial charge is 0.0922 e. The van der Waals surface area contributed by atoms with Crippen LogP contribution in [0.15, 0.2) is 16.8 Å². The number of aliphatic hydroxyl groups is 2. The van der Waals surface area contributed by atoms with Crippen LogP contribution in [0.4, 0.5) is 0 Å². The van der Waals surface area contributed by atoms with Crippen molar-refractivity contribution < 1.29 is 10.2 Å². The van der Waals surface area contributed by atoms with E-state index in [9.17, 15) is 10.2 Å². The third-order valence-electron chi connectivity index (χ3n) is 2.98. The van der Waals surface area contributed by atoms with Crippen molar-refractivity contribution in [2.75, 3.05) is 6.54 Å². The molecular formula is C11H17NO2S. The summed E-state index contributed by atoms with van der Waals surface area (Å²) in [7, 11) is 0. The molecule has 1 aromatic heterocycles. The molecule has 1 fully saturated rings. The highest BCUT2D eigenvalue weighted by molar-refractivity contribution is 7.07. The van der Waals surface area contributed by atoms with Crippen LogP contribution in [0, 0.1) is 0 Å². The van der Waals surface area contributed by atoms with E-state index in [1.54, 1.807) is 11.3 Å². The molecule has 84 valence electrons.